The number of ether oxygens (including phenoxy) is 2. The average molecular weight is 489 g/mol. The molecule has 0 aromatic heterocycles. The van der Waals surface area contributed by atoms with Crippen molar-refractivity contribution in [3.63, 3.8) is 0 Å². The van der Waals surface area contributed by atoms with Gasteiger partial charge in [-0.15, -0.1) is 0 Å². The lowest BCUT2D eigenvalue weighted by Gasteiger charge is -2.29. The van der Waals surface area contributed by atoms with Crippen LogP contribution in [0.4, 0.5) is 13.2 Å². The van der Waals surface area contributed by atoms with Gasteiger partial charge in [-0.1, -0.05) is 38.0 Å². The fourth-order valence-electron chi connectivity index (χ4n) is 5.54. The van der Waals surface area contributed by atoms with E-state index in [0.29, 0.717) is 54.9 Å². The highest BCUT2D eigenvalue weighted by atomic mass is 19.2. The smallest absolute Gasteiger partial charge is 0.314 e. The number of hydrogen-bond donors (Lipinski definition) is 0. The summed E-state index contributed by atoms with van der Waals surface area (Å²) in [5.74, 6) is -1.86. The summed E-state index contributed by atoms with van der Waals surface area (Å²) < 4.78 is 54.9. The molecular formula is C29H35F3O3. The van der Waals surface area contributed by atoms with Crippen molar-refractivity contribution in [2.75, 3.05) is 6.61 Å². The van der Waals surface area contributed by atoms with Crippen LogP contribution in [-0.4, -0.2) is 12.6 Å². The van der Waals surface area contributed by atoms with E-state index in [1.165, 1.54) is 6.07 Å². The summed E-state index contributed by atoms with van der Waals surface area (Å²) in [7, 11) is 0. The summed E-state index contributed by atoms with van der Waals surface area (Å²) in [6.07, 6.45) is 6.13. The number of carbonyl (C=O) groups is 1. The van der Waals surface area contributed by atoms with Crippen molar-refractivity contribution in [3.05, 3.63) is 64.5 Å². The van der Waals surface area contributed by atoms with Gasteiger partial charge in [-0.25, -0.2) is 13.2 Å². The molecule has 0 amide bonds. The number of benzene rings is 2. The maximum Gasteiger partial charge on any atom is 0.314 e. The van der Waals surface area contributed by atoms with Crippen molar-refractivity contribution in [3.8, 4) is 5.75 Å². The van der Waals surface area contributed by atoms with Crippen LogP contribution in [0.5, 0.6) is 5.75 Å². The Kier molecular flexibility index (Phi) is 8.53. The highest BCUT2D eigenvalue weighted by Crippen LogP contribution is 2.41. The molecule has 2 aliphatic rings. The van der Waals surface area contributed by atoms with Gasteiger partial charge in [0.1, 0.15) is 11.6 Å². The van der Waals surface area contributed by atoms with Crippen LogP contribution in [0.3, 0.4) is 0 Å². The molecule has 2 aromatic carbocycles. The van der Waals surface area contributed by atoms with Gasteiger partial charge in [0.15, 0.2) is 11.6 Å². The molecule has 4 rings (SSSR count). The summed E-state index contributed by atoms with van der Waals surface area (Å²) >= 11 is 0. The molecule has 3 nitrogen and oxygen atoms in total. The molecule has 190 valence electrons. The molecule has 0 unspecified atom stereocenters. The summed E-state index contributed by atoms with van der Waals surface area (Å²) in [6, 6.07) is 7.85. The molecule has 0 radical (unpaired) electrons. The lowest BCUT2D eigenvalue weighted by Crippen LogP contribution is -2.25. The Morgan fingerprint density at radius 3 is 1.97 bits per heavy atom. The number of esters is 1. The van der Waals surface area contributed by atoms with E-state index in [1.54, 1.807) is 24.3 Å². The minimum atomic E-state index is -0.727. The fourth-order valence-corrected chi connectivity index (χ4v) is 5.54. The van der Waals surface area contributed by atoms with Crippen LogP contribution in [-0.2, 0) is 16.1 Å². The predicted octanol–water partition coefficient (Wildman–Crippen LogP) is 7.81. The second-order valence-electron chi connectivity index (χ2n) is 10.2. The number of halogens is 3. The molecule has 0 atom stereocenters. The van der Waals surface area contributed by atoms with Gasteiger partial charge in [0.05, 0.1) is 12.5 Å². The van der Waals surface area contributed by atoms with E-state index in [2.05, 4.69) is 6.92 Å². The molecule has 0 bridgehead atoms. The second kappa shape index (κ2) is 11.6. The van der Waals surface area contributed by atoms with E-state index in [4.69, 9.17) is 9.47 Å². The fraction of sp³-hybridized carbons (Fsp3) is 0.552. The van der Waals surface area contributed by atoms with Crippen LogP contribution >= 0.6 is 0 Å². The van der Waals surface area contributed by atoms with Gasteiger partial charge in [0, 0.05) is 18.2 Å². The number of carbonyl (C=O) groups excluding carboxylic acids is 1. The van der Waals surface area contributed by atoms with Gasteiger partial charge in [0.2, 0.25) is 0 Å². The first-order valence-electron chi connectivity index (χ1n) is 12.9. The van der Waals surface area contributed by atoms with Crippen molar-refractivity contribution in [2.45, 2.75) is 83.7 Å². The molecule has 2 saturated carbocycles. The monoisotopic (exact) mass is 488 g/mol. The Balaban J connectivity index is 1.34. The van der Waals surface area contributed by atoms with Crippen LogP contribution in [0.25, 0.3) is 0 Å². The van der Waals surface area contributed by atoms with E-state index in [1.807, 2.05) is 6.92 Å². The molecule has 6 heteroatoms. The zero-order valence-electron chi connectivity index (χ0n) is 20.6. The van der Waals surface area contributed by atoms with Crippen LogP contribution < -0.4 is 4.74 Å². The minimum Gasteiger partial charge on any atom is -0.426 e. The molecule has 0 aliphatic heterocycles. The maximum atomic E-state index is 15.1. The Labute approximate surface area is 206 Å². The van der Waals surface area contributed by atoms with E-state index in [-0.39, 0.29) is 30.1 Å². The van der Waals surface area contributed by atoms with Crippen LogP contribution in [0, 0.1) is 29.3 Å². The molecule has 0 spiro atoms. The van der Waals surface area contributed by atoms with E-state index < -0.39 is 23.4 Å². The first kappa shape index (κ1) is 25.7. The Bertz CT molecular complexity index is 1020. The van der Waals surface area contributed by atoms with Crippen molar-refractivity contribution in [1.29, 1.82) is 0 Å². The highest BCUT2D eigenvalue weighted by Gasteiger charge is 2.32. The lowest BCUT2D eigenvalue weighted by atomic mass is 9.76. The Morgan fingerprint density at radius 1 is 0.857 bits per heavy atom. The third-order valence-corrected chi connectivity index (χ3v) is 7.80. The van der Waals surface area contributed by atoms with E-state index >= 15 is 4.39 Å². The first-order chi connectivity index (χ1) is 16.9. The first-order valence-corrected chi connectivity index (χ1v) is 12.9. The zero-order valence-corrected chi connectivity index (χ0v) is 20.6. The van der Waals surface area contributed by atoms with Gasteiger partial charge in [-0.2, -0.15) is 0 Å². The number of hydrogen-bond acceptors (Lipinski definition) is 3. The molecule has 0 N–H and O–H groups in total. The van der Waals surface area contributed by atoms with Crippen molar-refractivity contribution < 1.29 is 27.4 Å². The van der Waals surface area contributed by atoms with Gasteiger partial charge in [-0.3, -0.25) is 4.79 Å². The summed E-state index contributed by atoms with van der Waals surface area (Å²) in [4.78, 5) is 12.6. The molecule has 35 heavy (non-hydrogen) atoms. The van der Waals surface area contributed by atoms with Gasteiger partial charge >= 0.3 is 5.97 Å². The minimum absolute atomic E-state index is 0.0957. The SMILES string of the molecule is CCOCc1ccc(OC(=O)C2CCC(c3ccc(C4CCC(C)CC4)c(F)c3F)CC2)cc1F. The molecule has 0 saturated heterocycles. The summed E-state index contributed by atoms with van der Waals surface area (Å²) in [5.41, 5.74) is 1.33. The number of rotatable bonds is 7. The standard InChI is InChI=1S/C29H35F3O3/c1-3-34-17-22-12-13-23(16-26(22)30)35-29(33)21-10-8-20(9-11-21)25-15-14-24(27(31)28(25)32)19-6-4-18(2)5-7-19/h12-16,18-21H,3-11,17H2,1-2H3. The van der Waals surface area contributed by atoms with Crippen molar-refractivity contribution >= 4 is 5.97 Å². The van der Waals surface area contributed by atoms with Gasteiger partial charge < -0.3 is 9.47 Å². The second-order valence-corrected chi connectivity index (χ2v) is 10.2. The molecular weight excluding hydrogens is 453 g/mol. The molecule has 2 fully saturated rings. The highest BCUT2D eigenvalue weighted by molar-refractivity contribution is 5.75. The van der Waals surface area contributed by atoms with E-state index in [0.717, 1.165) is 25.7 Å². The predicted molar refractivity (Wildman–Crippen MR) is 129 cm³/mol. The topological polar surface area (TPSA) is 35.5 Å². The average Bonchev–Trinajstić information content (AvgIpc) is 2.86. The maximum absolute atomic E-state index is 15.1. The summed E-state index contributed by atoms with van der Waals surface area (Å²) in [6.45, 7) is 4.69. The summed E-state index contributed by atoms with van der Waals surface area (Å²) in [5, 5.41) is 0. The van der Waals surface area contributed by atoms with Crippen LogP contribution in [0.1, 0.15) is 93.7 Å². The van der Waals surface area contributed by atoms with Crippen molar-refractivity contribution in [2.24, 2.45) is 11.8 Å². The van der Waals surface area contributed by atoms with Gasteiger partial charge in [-0.05, 0) is 80.4 Å². The molecule has 2 aliphatic carbocycles. The quantitative estimate of drug-likeness (QED) is 0.294. The Hall–Kier alpha value is -2.34. The molecule has 0 heterocycles. The normalized spacial score (nSPS) is 24.8. The van der Waals surface area contributed by atoms with Gasteiger partial charge in [0.25, 0.3) is 0 Å². The Morgan fingerprint density at radius 2 is 1.43 bits per heavy atom. The lowest BCUT2D eigenvalue weighted by molar-refractivity contribution is -0.140. The largest absolute Gasteiger partial charge is 0.426 e. The van der Waals surface area contributed by atoms with E-state index in [9.17, 15) is 13.6 Å². The third kappa shape index (κ3) is 6.08. The zero-order chi connectivity index (χ0) is 24.9. The van der Waals surface area contributed by atoms with Crippen LogP contribution in [0.15, 0.2) is 30.3 Å². The van der Waals surface area contributed by atoms with Crippen molar-refractivity contribution in [1.82, 2.24) is 0 Å². The third-order valence-electron chi connectivity index (χ3n) is 7.80. The van der Waals surface area contributed by atoms with Crippen LogP contribution in [0.2, 0.25) is 0 Å². The molecule has 2 aromatic rings.